The Morgan fingerprint density at radius 1 is 1.04 bits per heavy atom. The third-order valence-corrected chi connectivity index (χ3v) is 6.72. The Bertz CT molecular complexity index is 891. The maximum absolute atomic E-state index is 6.84. The van der Waals surface area contributed by atoms with Crippen molar-refractivity contribution in [2.24, 2.45) is 0 Å². The number of benzene rings is 2. The monoisotopic (exact) mass is 459 g/mol. The van der Waals surface area contributed by atoms with Gasteiger partial charge in [-0.2, -0.15) is 0 Å². The molecule has 0 amide bonds. The van der Waals surface area contributed by atoms with Gasteiger partial charge in [-0.3, -0.25) is 0 Å². The van der Waals surface area contributed by atoms with Gasteiger partial charge in [0.15, 0.2) is 0 Å². The van der Waals surface area contributed by atoms with Crippen molar-refractivity contribution in [3.63, 3.8) is 0 Å². The molecule has 0 N–H and O–H groups in total. The number of fused-ring (bicyclic) bond motifs is 3. The van der Waals surface area contributed by atoms with Gasteiger partial charge in [0.05, 0.1) is 4.47 Å². The molecule has 1 atom stereocenters. The van der Waals surface area contributed by atoms with E-state index in [1.807, 2.05) is 0 Å². The molecule has 1 unspecified atom stereocenters. The van der Waals surface area contributed by atoms with Crippen LogP contribution >= 0.6 is 31.9 Å². The summed E-state index contributed by atoms with van der Waals surface area (Å²) in [6, 6.07) is 13.0. The molecule has 1 fully saturated rings. The summed E-state index contributed by atoms with van der Waals surface area (Å²) in [6.07, 6.45) is 8.09. The third-order valence-electron chi connectivity index (χ3n) is 5.67. The lowest BCUT2D eigenvalue weighted by atomic mass is 9.82. The molecule has 0 radical (unpaired) electrons. The summed E-state index contributed by atoms with van der Waals surface area (Å²) in [5.41, 5.74) is 5.04. The van der Waals surface area contributed by atoms with Crippen molar-refractivity contribution in [3.05, 3.63) is 62.0 Å². The Hall–Kier alpha value is -1.26. The Labute approximate surface area is 165 Å². The highest BCUT2D eigenvalue weighted by Gasteiger charge is 2.48. The number of para-hydroxylation sites is 1. The number of hydrogen-bond acceptors (Lipinski definition) is 2. The molecule has 0 saturated heterocycles. The maximum atomic E-state index is 6.84. The van der Waals surface area contributed by atoms with Gasteiger partial charge in [0.1, 0.15) is 5.75 Å². The van der Waals surface area contributed by atoms with Crippen molar-refractivity contribution < 1.29 is 4.74 Å². The molecule has 128 valence electrons. The van der Waals surface area contributed by atoms with E-state index in [2.05, 4.69) is 79.2 Å². The SMILES string of the molecule is Brc1cc(Br)c2c(c1)C=C1CCCCC1(N1CCc3ccccc31)O2. The zero-order valence-electron chi connectivity index (χ0n) is 13.9. The molecule has 3 aliphatic rings. The summed E-state index contributed by atoms with van der Waals surface area (Å²) in [7, 11) is 0. The Kier molecular flexibility index (Phi) is 3.75. The highest BCUT2D eigenvalue weighted by molar-refractivity contribution is 9.11. The third kappa shape index (κ3) is 2.41. The van der Waals surface area contributed by atoms with Crippen LogP contribution in [-0.2, 0) is 6.42 Å². The number of halogens is 2. The van der Waals surface area contributed by atoms with E-state index in [1.54, 1.807) is 0 Å². The molecular weight excluding hydrogens is 442 g/mol. The van der Waals surface area contributed by atoms with Crippen LogP contribution in [0.5, 0.6) is 5.75 Å². The summed E-state index contributed by atoms with van der Waals surface area (Å²) in [4.78, 5) is 2.52. The number of hydrogen-bond donors (Lipinski definition) is 0. The maximum Gasteiger partial charge on any atom is 0.205 e. The van der Waals surface area contributed by atoms with Crippen LogP contribution in [0.1, 0.15) is 36.8 Å². The summed E-state index contributed by atoms with van der Waals surface area (Å²) < 4.78 is 8.94. The molecule has 1 aliphatic carbocycles. The average Bonchev–Trinajstić information content (AvgIpc) is 3.05. The number of nitrogens with zero attached hydrogens (tertiary/aromatic N) is 1. The first-order chi connectivity index (χ1) is 12.2. The van der Waals surface area contributed by atoms with Crippen molar-refractivity contribution in [3.8, 4) is 5.75 Å². The molecule has 2 nitrogen and oxygen atoms in total. The molecule has 2 heterocycles. The van der Waals surface area contributed by atoms with Crippen LogP contribution in [0, 0.1) is 0 Å². The highest BCUT2D eigenvalue weighted by atomic mass is 79.9. The van der Waals surface area contributed by atoms with E-state index in [4.69, 9.17) is 4.74 Å². The fourth-order valence-corrected chi connectivity index (χ4v) is 5.91. The Balaban J connectivity index is 1.67. The molecule has 1 saturated carbocycles. The molecule has 2 aromatic rings. The lowest BCUT2D eigenvalue weighted by molar-refractivity contribution is 0.0726. The van der Waals surface area contributed by atoms with Gasteiger partial charge in [-0.1, -0.05) is 34.1 Å². The van der Waals surface area contributed by atoms with Gasteiger partial charge in [0.2, 0.25) is 5.72 Å². The van der Waals surface area contributed by atoms with E-state index in [1.165, 1.54) is 35.2 Å². The first-order valence-electron chi connectivity index (χ1n) is 8.92. The molecule has 5 rings (SSSR count). The minimum absolute atomic E-state index is 0.325. The van der Waals surface area contributed by atoms with Crippen molar-refractivity contribution in [2.75, 3.05) is 11.4 Å². The van der Waals surface area contributed by atoms with Gasteiger partial charge >= 0.3 is 0 Å². The quantitative estimate of drug-likeness (QED) is 0.493. The molecule has 0 spiro atoms. The smallest absolute Gasteiger partial charge is 0.205 e. The van der Waals surface area contributed by atoms with Gasteiger partial charge < -0.3 is 9.64 Å². The first-order valence-corrected chi connectivity index (χ1v) is 10.5. The molecule has 2 aliphatic heterocycles. The van der Waals surface area contributed by atoms with Crippen LogP contribution in [0.4, 0.5) is 5.69 Å². The lowest BCUT2D eigenvalue weighted by Crippen LogP contribution is -2.56. The molecule has 4 heteroatoms. The molecule has 25 heavy (non-hydrogen) atoms. The van der Waals surface area contributed by atoms with Crippen LogP contribution in [0.3, 0.4) is 0 Å². The highest BCUT2D eigenvalue weighted by Crippen LogP contribution is 2.51. The van der Waals surface area contributed by atoms with Crippen LogP contribution in [-0.4, -0.2) is 12.3 Å². The Morgan fingerprint density at radius 3 is 2.84 bits per heavy atom. The van der Waals surface area contributed by atoms with E-state index in [9.17, 15) is 0 Å². The van der Waals surface area contributed by atoms with E-state index in [-0.39, 0.29) is 5.72 Å². The second-order valence-electron chi connectivity index (χ2n) is 7.10. The fourth-order valence-electron chi connectivity index (χ4n) is 4.57. The molecule has 2 aromatic carbocycles. The van der Waals surface area contributed by atoms with Crippen molar-refractivity contribution >= 4 is 43.6 Å². The second-order valence-corrected chi connectivity index (χ2v) is 8.87. The topological polar surface area (TPSA) is 12.5 Å². The van der Waals surface area contributed by atoms with Crippen LogP contribution in [0.15, 0.2) is 50.9 Å². The largest absolute Gasteiger partial charge is 0.462 e. The van der Waals surface area contributed by atoms with E-state index >= 15 is 0 Å². The summed E-state index contributed by atoms with van der Waals surface area (Å²) in [5.74, 6) is 0.971. The molecular formula is C21H19Br2NO. The van der Waals surface area contributed by atoms with Gasteiger partial charge in [-0.15, -0.1) is 0 Å². The van der Waals surface area contributed by atoms with Crippen molar-refractivity contribution in [1.82, 2.24) is 0 Å². The van der Waals surface area contributed by atoms with Gasteiger partial charge in [-0.25, -0.2) is 0 Å². The standard InChI is InChI=1S/C21H19Br2NO/c22-17-12-15-11-16-6-3-4-9-21(16,25-20(15)18(23)13-17)24-10-8-14-5-1-2-7-19(14)24/h1-2,5,7,11-13H,3-4,6,8-10H2. The minimum atomic E-state index is -0.325. The van der Waals surface area contributed by atoms with E-state index < -0.39 is 0 Å². The molecule has 0 bridgehead atoms. The van der Waals surface area contributed by atoms with Crippen LogP contribution < -0.4 is 9.64 Å². The van der Waals surface area contributed by atoms with E-state index in [0.29, 0.717) is 0 Å². The predicted molar refractivity (Wildman–Crippen MR) is 109 cm³/mol. The van der Waals surface area contributed by atoms with Gasteiger partial charge in [-0.05, 0) is 77.0 Å². The predicted octanol–water partition coefficient (Wildman–Crippen LogP) is 6.32. The number of rotatable bonds is 1. The first kappa shape index (κ1) is 16.0. The normalized spacial score (nSPS) is 24.1. The van der Waals surface area contributed by atoms with Crippen molar-refractivity contribution in [1.29, 1.82) is 0 Å². The fraction of sp³-hybridized carbons (Fsp3) is 0.333. The second kappa shape index (κ2) is 5.88. The van der Waals surface area contributed by atoms with Crippen LogP contribution in [0.2, 0.25) is 0 Å². The average molecular weight is 461 g/mol. The number of anilines is 1. The molecule has 0 aromatic heterocycles. The summed E-state index contributed by atoms with van der Waals surface area (Å²) in [5, 5.41) is 0. The Morgan fingerprint density at radius 2 is 1.92 bits per heavy atom. The van der Waals surface area contributed by atoms with E-state index in [0.717, 1.165) is 40.5 Å². The van der Waals surface area contributed by atoms with Gasteiger partial charge in [0, 0.05) is 28.7 Å². The zero-order valence-corrected chi connectivity index (χ0v) is 17.1. The van der Waals surface area contributed by atoms with Crippen LogP contribution in [0.25, 0.3) is 6.08 Å². The zero-order chi connectivity index (χ0) is 17.0. The summed E-state index contributed by atoms with van der Waals surface area (Å²) in [6.45, 7) is 1.03. The minimum Gasteiger partial charge on any atom is -0.462 e. The number of ether oxygens (including phenoxy) is 1. The summed E-state index contributed by atoms with van der Waals surface area (Å²) >= 11 is 7.32. The lowest BCUT2D eigenvalue weighted by Gasteiger charge is -2.49. The van der Waals surface area contributed by atoms with Crippen molar-refractivity contribution in [2.45, 2.75) is 37.8 Å². The van der Waals surface area contributed by atoms with Gasteiger partial charge in [0.25, 0.3) is 0 Å².